The van der Waals surface area contributed by atoms with Crippen molar-refractivity contribution in [1.82, 2.24) is 19.5 Å². The molecule has 3 heterocycles. The van der Waals surface area contributed by atoms with Crippen molar-refractivity contribution < 1.29 is 0 Å². The van der Waals surface area contributed by atoms with Crippen molar-refractivity contribution in [3.8, 4) is 11.3 Å². The summed E-state index contributed by atoms with van der Waals surface area (Å²) in [4.78, 5) is 9.55. The minimum atomic E-state index is 0.730. The number of benzene rings is 2. The van der Waals surface area contributed by atoms with E-state index in [1.807, 2.05) is 41.2 Å². The van der Waals surface area contributed by atoms with Gasteiger partial charge in [-0.1, -0.05) is 54.1 Å². The summed E-state index contributed by atoms with van der Waals surface area (Å²) in [6.45, 7) is 4.97. The van der Waals surface area contributed by atoms with Gasteiger partial charge >= 0.3 is 0 Å². The molecule has 0 aliphatic carbocycles. The predicted octanol–water partition coefficient (Wildman–Crippen LogP) is 4.37. The zero-order valence-electron chi connectivity index (χ0n) is 16.1. The van der Waals surface area contributed by atoms with Crippen molar-refractivity contribution >= 4 is 22.9 Å². The molecule has 1 aliphatic heterocycles. The zero-order chi connectivity index (χ0) is 19.6. The topological polar surface area (TPSA) is 36.7 Å². The lowest BCUT2D eigenvalue weighted by atomic mass is 10.1. The summed E-state index contributed by atoms with van der Waals surface area (Å²) in [6.07, 6.45) is 3.74. The van der Waals surface area contributed by atoms with Crippen LogP contribution >= 0.6 is 11.6 Å². The van der Waals surface area contributed by atoms with Crippen LogP contribution in [-0.4, -0.2) is 45.7 Å². The molecule has 146 valence electrons. The molecule has 0 saturated carbocycles. The number of anilines is 1. The van der Waals surface area contributed by atoms with E-state index in [1.165, 1.54) is 5.56 Å². The Balaban J connectivity index is 1.35. The molecule has 0 radical (unpaired) electrons. The predicted molar refractivity (Wildman–Crippen MR) is 117 cm³/mol. The van der Waals surface area contributed by atoms with Crippen molar-refractivity contribution in [1.29, 1.82) is 0 Å². The molecule has 2 aromatic carbocycles. The smallest absolute Gasteiger partial charge is 0.154 e. The molecule has 2 aromatic heterocycles. The maximum absolute atomic E-state index is 6.02. The summed E-state index contributed by atoms with van der Waals surface area (Å²) in [5.41, 5.74) is 4.38. The van der Waals surface area contributed by atoms with Crippen LogP contribution in [0, 0.1) is 0 Å². The monoisotopic (exact) mass is 403 g/mol. The molecule has 1 saturated heterocycles. The fourth-order valence-electron chi connectivity index (χ4n) is 3.87. The van der Waals surface area contributed by atoms with Gasteiger partial charge < -0.3 is 4.90 Å². The maximum Gasteiger partial charge on any atom is 0.154 e. The second kappa shape index (κ2) is 7.85. The van der Waals surface area contributed by atoms with E-state index in [-0.39, 0.29) is 0 Å². The van der Waals surface area contributed by atoms with Gasteiger partial charge in [0, 0.05) is 55.7 Å². The van der Waals surface area contributed by atoms with Crippen LogP contribution in [0.2, 0.25) is 5.02 Å². The van der Waals surface area contributed by atoms with E-state index in [4.69, 9.17) is 16.7 Å². The molecule has 5 rings (SSSR count). The van der Waals surface area contributed by atoms with E-state index >= 15 is 0 Å². The summed E-state index contributed by atoms with van der Waals surface area (Å²) in [5, 5.41) is 5.47. The second-order valence-electron chi connectivity index (χ2n) is 7.37. The van der Waals surface area contributed by atoms with Crippen LogP contribution in [0.25, 0.3) is 16.8 Å². The number of hydrogen-bond donors (Lipinski definition) is 0. The highest BCUT2D eigenvalue weighted by molar-refractivity contribution is 6.30. The largest absolute Gasteiger partial charge is 0.352 e. The van der Waals surface area contributed by atoms with Gasteiger partial charge in [0.1, 0.15) is 5.52 Å². The van der Waals surface area contributed by atoms with Gasteiger partial charge in [0.15, 0.2) is 5.82 Å². The van der Waals surface area contributed by atoms with Crippen LogP contribution in [-0.2, 0) is 6.54 Å². The average Bonchev–Trinajstić information content (AvgIpc) is 3.20. The molecule has 29 heavy (non-hydrogen) atoms. The van der Waals surface area contributed by atoms with Crippen molar-refractivity contribution in [3.05, 3.63) is 83.6 Å². The number of hydrogen-bond acceptors (Lipinski definition) is 4. The molecule has 1 aliphatic rings. The molecule has 0 spiro atoms. The average molecular weight is 404 g/mol. The van der Waals surface area contributed by atoms with Crippen LogP contribution in [0.4, 0.5) is 5.82 Å². The summed E-state index contributed by atoms with van der Waals surface area (Å²) < 4.78 is 1.92. The number of aromatic nitrogens is 3. The van der Waals surface area contributed by atoms with Crippen LogP contribution in [0.15, 0.2) is 73.1 Å². The number of nitrogens with zero attached hydrogens (tertiary/aromatic N) is 5. The Hall–Kier alpha value is -2.89. The van der Waals surface area contributed by atoms with Crippen molar-refractivity contribution in [2.24, 2.45) is 0 Å². The van der Waals surface area contributed by atoms with Gasteiger partial charge in [-0.15, -0.1) is 0 Å². The fraction of sp³-hybridized carbons (Fsp3) is 0.217. The molecule has 0 unspecified atom stereocenters. The lowest BCUT2D eigenvalue weighted by molar-refractivity contribution is 0.249. The highest BCUT2D eigenvalue weighted by Crippen LogP contribution is 2.26. The lowest BCUT2D eigenvalue weighted by Crippen LogP contribution is -2.46. The molecule has 6 heteroatoms. The van der Waals surface area contributed by atoms with E-state index in [0.29, 0.717) is 0 Å². The van der Waals surface area contributed by atoms with Gasteiger partial charge in [-0.25, -0.2) is 9.50 Å². The van der Waals surface area contributed by atoms with Gasteiger partial charge in [0.05, 0.1) is 5.69 Å². The first-order chi connectivity index (χ1) is 14.3. The highest BCUT2D eigenvalue weighted by atomic mass is 35.5. The van der Waals surface area contributed by atoms with Crippen molar-refractivity contribution in [2.45, 2.75) is 6.54 Å². The van der Waals surface area contributed by atoms with Gasteiger partial charge in [-0.05, 0) is 23.8 Å². The third kappa shape index (κ3) is 3.84. The van der Waals surface area contributed by atoms with Gasteiger partial charge in [0.25, 0.3) is 0 Å². The first-order valence-corrected chi connectivity index (χ1v) is 10.3. The zero-order valence-corrected chi connectivity index (χ0v) is 16.8. The first kappa shape index (κ1) is 18.2. The van der Waals surface area contributed by atoms with E-state index < -0.39 is 0 Å². The lowest BCUT2D eigenvalue weighted by Gasteiger charge is -2.35. The summed E-state index contributed by atoms with van der Waals surface area (Å²) in [6, 6.07) is 20.6. The molecule has 1 fully saturated rings. The Labute approximate surface area is 175 Å². The number of rotatable bonds is 4. The Morgan fingerprint density at radius 3 is 2.41 bits per heavy atom. The fourth-order valence-corrected chi connectivity index (χ4v) is 4.00. The molecule has 0 amide bonds. The molecule has 4 aromatic rings. The van der Waals surface area contributed by atoms with Gasteiger partial charge in [0.2, 0.25) is 0 Å². The van der Waals surface area contributed by atoms with Crippen molar-refractivity contribution in [2.75, 3.05) is 31.1 Å². The molecular formula is C23H22ClN5. The first-order valence-electron chi connectivity index (χ1n) is 9.88. The summed E-state index contributed by atoms with van der Waals surface area (Å²) >= 11 is 6.02. The molecular weight excluding hydrogens is 382 g/mol. The standard InChI is InChI=1S/C23H22ClN5/c24-20-8-6-19(7-9-20)21-16-22-23(25-10-11-29(22)26-21)28-14-12-27(13-15-28)17-18-4-2-1-3-5-18/h1-11,16H,12-15,17H2. The third-order valence-electron chi connectivity index (χ3n) is 5.43. The maximum atomic E-state index is 6.02. The summed E-state index contributed by atoms with van der Waals surface area (Å²) in [5.74, 6) is 1.000. The highest BCUT2D eigenvalue weighted by Gasteiger charge is 2.21. The Kier molecular flexibility index (Phi) is 4.92. The van der Waals surface area contributed by atoms with Crippen LogP contribution in [0.5, 0.6) is 0 Å². The number of fused-ring (bicyclic) bond motifs is 1. The minimum Gasteiger partial charge on any atom is -0.352 e. The Morgan fingerprint density at radius 1 is 0.897 bits per heavy atom. The molecule has 0 atom stereocenters. The van der Waals surface area contributed by atoms with E-state index in [9.17, 15) is 0 Å². The van der Waals surface area contributed by atoms with Crippen molar-refractivity contribution in [3.63, 3.8) is 0 Å². The molecule has 0 N–H and O–H groups in total. The Bertz CT molecular complexity index is 1100. The third-order valence-corrected chi connectivity index (χ3v) is 5.68. The van der Waals surface area contributed by atoms with Gasteiger partial charge in [-0.2, -0.15) is 5.10 Å². The second-order valence-corrected chi connectivity index (χ2v) is 7.80. The van der Waals surface area contributed by atoms with Gasteiger partial charge in [-0.3, -0.25) is 4.90 Å². The van der Waals surface area contributed by atoms with Crippen LogP contribution in [0.1, 0.15) is 5.56 Å². The number of piperazine rings is 1. The minimum absolute atomic E-state index is 0.730. The van der Waals surface area contributed by atoms with E-state index in [2.05, 4.69) is 51.2 Å². The van der Waals surface area contributed by atoms with Crippen LogP contribution < -0.4 is 4.90 Å². The number of halogens is 1. The summed E-state index contributed by atoms with van der Waals surface area (Å²) in [7, 11) is 0. The molecule has 5 nitrogen and oxygen atoms in total. The van der Waals surface area contributed by atoms with E-state index in [0.717, 1.165) is 60.3 Å². The van der Waals surface area contributed by atoms with Crippen LogP contribution in [0.3, 0.4) is 0 Å². The molecule has 0 bridgehead atoms. The Morgan fingerprint density at radius 2 is 1.66 bits per heavy atom. The SMILES string of the molecule is Clc1ccc(-c2cc3c(N4CCN(Cc5ccccc5)CC4)nccn3n2)cc1. The quantitative estimate of drug-likeness (QED) is 0.507. The van der Waals surface area contributed by atoms with E-state index in [1.54, 1.807) is 0 Å². The normalized spacial score (nSPS) is 15.1.